The highest BCUT2D eigenvalue weighted by molar-refractivity contribution is 5.94. The third-order valence-corrected chi connectivity index (χ3v) is 5.75. The van der Waals surface area contributed by atoms with Gasteiger partial charge in [-0.25, -0.2) is 9.48 Å². The SMILES string of the molecule is Cc1c(C(=O)O)cnn1-c1ccc(C(=O)N2CCC3OCCN(C)C3C2)cc1. The molecule has 1 aromatic heterocycles. The molecule has 0 radical (unpaired) electrons. The van der Waals surface area contributed by atoms with E-state index in [9.17, 15) is 14.7 Å². The molecule has 2 unspecified atom stereocenters. The van der Waals surface area contributed by atoms with E-state index < -0.39 is 5.97 Å². The molecule has 2 aromatic rings. The van der Waals surface area contributed by atoms with Gasteiger partial charge in [0.05, 0.1) is 36.3 Å². The number of fused-ring (bicyclic) bond motifs is 1. The Bertz CT molecular complexity index is 892. The van der Waals surface area contributed by atoms with Crippen LogP contribution in [0.4, 0.5) is 0 Å². The van der Waals surface area contributed by atoms with Gasteiger partial charge in [-0.1, -0.05) is 0 Å². The summed E-state index contributed by atoms with van der Waals surface area (Å²) in [6, 6.07) is 7.37. The summed E-state index contributed by atoms with van der Waals surface area (Å²) in [4.78, 5) is 28.3. The van der Waals surface area contributed by atoms with Crippen LogP contribution in [-0.4, -0.2) is 82.0 Å². The van der Waals surface area contributed by atoms with Gasteiger partial charge in [-0.2, -0.15) is 5.10 Å². The molecule has 3 heterocycles. The Balaban J connectivity index is 1.49. The van der Waals surface area contributed by atoms with E-state index in [4.69, 9.17) is 4.74 Å². The summed E-state index contributed by atoms with van der Waals surface area (Å²) in [5.41, 5.74) is 2.06. The van der Waals surface area contributed by atoms with Gasteiger partial charge >= 0.3 is 5.97 Å². The van der Waals surface area contributed by atoms with E-state index >= 15 is 0 Å². The van der Waals surface area contributed by atoms with Crippen molar-refractivity contribution >= 4 is 11.9 Å². The summed E-state index contributed by atoms with van der Waals surface area (Å²) in [5.74, 6) is -0.997. The van der Waals surface area contributed by atoms with Gasteiger partial charge in [0, 0.05) is 25.2 Å². The third kappa shape index (κ3) is 3.29. The average molecular weight is 384 g/mol. The Hall–Kier alpha value is -2.71. The monoisotopic (exact) mass is 384 g/mol. The number of benzene rings is 1. The second-order valence-electron chi connectivity index (χ2n) is 7.40. The van der Waals surface area contributed by atoms with Crippen LogP contribution in [-0.2, 0) is 4.74 Å². The molecule has 2 saturated heterocycles. The molecule has 0 bridgehead atoms. The van der Waals surface area contributed by atoms with Crippen molar-refractivity contribution in [1.82, 2.24) is 19.6 Å². The van der Waals surface area contributed by atoms with Crippen molar-refractivity contribution in [3.63, 3.8) is 0 Å². The largest absolute Gasteiger partial charge is 0.478 e. The quantitative estimate of drug-likeness (QED) is 0.861. The maximum Gasteiger partial charge on any atom is 0.339 e. The standard InChI is InChI=1S/C20H24N4O4/c1-13-16(20(26)27)11-21-24(13)15-5-3-14(4-6-15)19(25)23-8-7-18-17(12-23)22(2)9-10-28-18/h3-6,11,17-18H,7-10,12H2,1-2H3,(H,26,27). The highest BCUT2D eigenvalue weighted by Crippen LogP contribution is 2.23. The molecule has 2 aliphatic rings. The van der Waals surface area contributed by atoms with E-state index in [0.717, 1.165) is 25.3 Å². The van der Waals surface area contributed by atoms with Gasteiger partial charge in [0.15, 0.2) is 0 Å². The number of piperidine rings is 1. The number of likely N-dealkylation sites (tertiary alicyclic amines) is 1. The average Bonchev–Trinajstić information content (AvgIpc) is 3.09. The molecular weight excluding hydrogens is 360 g/mol. The van der Waals surface area contributed by atoms with Crippen molar-refractivity contribution in [2.24, 2.45) is 0 Å². The number of hydrogen-bond donors (Lipinski definition) is 1. The molecule has 2 fully saturated rings. The molecule has 1 amide bonds. The highest BCUT2D eigenvalue weighted by Gasteiger charge is 2.37. The summed E-state index contributed by atoms with van der Waals surface area (Å²) < 4.78 is 7.42. The maximum absolute atomic E-state index is 13.0. The zero-order valence-electron chi connectivity index (χ0n) is 16.0. The van der Waals surface area contributed by atoms with Gasteiger partial charge in [0.2, 0.25) is 0 Å². The van der Waals surface area contributed by atoms with Crippen LogP contribution in [0.15, 0.2) is 30.5 Å². The lowest BCUT2D eigenvalue weighted by molar-refractivity contribution is -0.0893. The lowest BCUT2D eigenvalue weighted by Gasteiger charge is -2.45. The minimum Gasteiger partial charge on any atom is -0.478 e. The number of aromatic nitrogens is 2. The zero-order chi connectivity index (χ0) is 19.8. The molecule has 1 N–H and O–H groups in total. The Kier molecular flexibility index (Phi) is 4.91. The Morgan fingerprint density at radius 3 is 2.64 bits per heavy atom. The molecule has 4 rings (SSSR count). The van der Waals surface area contributed by atoms with E-state index in [0.29, 0.717) is 24.3 Å². The number of nitrogens with zero attached hydrogens (tertiary/aromatic N) is 4. The number of likely N-dealkylation sites (N-methyl/N-ethyl adjacent to an activating group) is 1. The van der Waals surface area contributed by atoms with Crippen LogP contribution in [0, 0.1) is 6.92 Å². The number of ether oxygens (including phenoxy) is 1. The Morgan fingerprint density at radius 2 is 1.96 bits per heavy atom. The van der Waals surface area contributed by atoms with Crippen LogP contribution >= 0.6 is 0 Å². The van der Waals surface area contributed by atoms with Crippen molar-refractivity contribution in [3.8, 4) is 5.69 Å². The van der Waals surface area contributed by atoms with Gasteiger partial charge in [-0.05, 0) is 44.7 Å². The second kappa shape index (κ2) is 7.37. The molecule has 1 aromatic carbocycles. The smallest absolute Gasteiger partial charge is 0.339 e. The number of amides is 1. The summed E-state index contributed by atoms with van der Waals surface area (Å²) in [7, 11) is 2.08. The van der Waals surface area contributed by atoms with Crippen LogP contribution < -0.4 is 0 Å². The van der Waals surface area contributed by atoms with Crippen molar-refractivity contribution in [2.45, 2.75) is 25.5 Å². The van der Waals surface area contributed by atoms with E-state index in [2.05, 4.69) is 17.0 Å². The molecule has 28 heavy (non-hydrogen) atoms. The van der Waals surface area contributed by atoms with Crippen molar-refractivity contribution in [1.29, 1.82) is 0 Å². The molecule has 8 nitrogen and oxygen atoms in total. The van der Waals surface area contributed by atoms with Crippen LogP contribution in [0.1, 0.15) is 32.8 Å². The van der Waals surface area contributed by atoms with Gasteiger partial charge < -0.3 is 14.7 Å². The minimum absolute atomic E-state index is 0.00684. The predicted octanol–water partition coefficient (Wildman–Crippen LogP) is 1.42. The topological polar surface area (TPSA) is 87.9 Å². The number of rotatable bonds is 3. The Morgan fingerprint density at radius 1 is 1.21 bits per heavy atom. The van der Waals surface area contributed by atoms with Gasteiger partial charge in [-0.3, -0.25) is 9.69 Å². The number of aromatic carboxylic acids is 1. The molecule has 0 spiro atoms. The fourth-order valence-electron chi connectivity index (χ4n) is 4.03. The number of carbonyl (C=O) groups excluding carboxylic acids is 1. The van der Waals surface area contributed by atoms with Crippen LogP contribution in [0.25, 0.3) is 5.69 Å². The van der Waals surface area contributed by atoms with Gasteiger partial charge in [-0.15, -0.1) is 0 Å². The number of morpholine rings is 1. The first-order valence-electron chi connectivity index (χ1n) is 9.45. The molecular formula is C20H24N4O4. The molecule has 148 valence electrons. The normalized spacial score (nSPS) is 22.7. The first-order chi connectivity index (χ1) is 13.5. The summed E-state index contributed by atoms with van der Waals surface area (Å²) in [6.07, 6.45) is 2.39. The van der Waals surface area contributed by atoms with Crippen LogP contribution in [0.3, 0.4) is 0 Å². The first kappa shape index (κ1) is 18.6. The fraction of sp³-hybridized carbons (Fsp3) is 0.450. The molecule has 2 atom stereocenters. The zero-order valence-corrected chi connectivity index (χ0v) is 16.0. The molecule has 2 aliphatic heterocycles. The summed E-state index contributed by atoms with van der Waals surface area (Å²) in [6.45, 7) is 4.71. The van der Waals surface area contributed by atoms with Gasteiger partial charge in [0.25, 0.3) is 5.91 Å². The third-order valence-electron chi connectivity index (χ3n) is 5.75. The van der Waals surface area contributed by atoms with E-state index in [1.807, 2.05) is 4.90 Å². The number of carboxylic acid groups (broad SMARTS) is 1. The Labute approximate surface area is 163 Å². The molecule has 8 heteroatoms. The number of carbonyl (C=O) groups is 2. The number of hydrogen-bond acceptors (Lipinski definition) is 5. The van der Waals surface area contributed by atoms with Gasteiger partial charge in [0.1, 0.15) is 5.56 Å². The minimum atomic E-state index is -1.00. The second-order valence-corrected chi connectivity index (χ2v) is 7.40. The lowest BCUT2D eigenvalue weighted by atomic mass is 9.98. The van der Waals surface area contributed by atoms with E-state index in [-0.39, 0.29) is 23.6 Å². The maximum atomic E-state index is 13.0. The molecule has 0 saturated carbocycles. The highest BCUT2D eigenvalue weighted by atomic mass is 16.5. The van der Waals surface area contributed by atoms with Crippen LogP contribution in [0.2, 0.25) is 0 Å². The van der Waals surface area contributed by atoms with E-state index in [1.54, 1.807) is 35.9 Å². The molecule has 0 aliphatic carbocycles. The van der Waals surface area contributed by atoms with E-state index in [1.165, 1.54) is 6.20 Å². The first-order valence-corrected chi connectivity index (χ1v) is 9.45. The number of carboxylic acids is 1. The van der Waals surface area contributed by atoms with Crippen LogP contribution in [0.5, 0.6) is 0 Å². The fourth-order valence-corrected chi connectivity index (χ4v) is 4.03. The summed E-state index contributed by atoms with van der Waals surface area (Å²) >= 11 is 0. The van der Waals surface area contributed by atoms with Crippen molar-refractivity contribution in [2.75, 3.05) is 33.3 Å². The van der Waals surface area contributed by atoms with Crippen molar-refractivity contribution < 1.29 is 19.4 Å². The summed E-state index contributed by atoms with van der Waals surface area (Å²) in [5, 5.41) is 13.3. The lowest BCUT2D eigenvalue weighted by Crippen LogP contribution is -2.59. The van der Waals surface area contributed by atoms with Crippen molar-refractivity contribution in [3.05, 3.63) is 47.3 Å². The predicted molar refractivity (Wildman–Crippen MR) is 102 cm³/mol.